The summed E-state index contributed by atoms with van der Waals surface area (Å²) in [5.74, 6) is 3.96. The van der Waals surface area contributed by atoms with Gasteiger partial charge in [0.25, 0.3) is 0 Å². The molecule has 0 aliphatic rings. The highest BCUT2D eigenvalue weighted by molar-refractivity contribution is 6.32. The summed E-state index contributed by atoms with van der Waals surface area (Å²) >= 11 is 6.19. The summed E-state index contributed by atoms with van der Waals surface area (Å²) in [6, 6.07) is 5.91. The Morgan fingerprint density at radius 2 is 2.21 bits per heavy atom. The molecule has 19 heavy (non-hydrogen) atoms. The maximum absolute atomic E-state index is 6.19. The average molecular weight is 280 g/mol. The summed E-state index contributed by atoms with van der Waals surface area (Å²) in [4.78, 5) is 0. The van der Waals surface area contributed by atoms with E-state index < -0.39 is 0 Å². The van der Waals surface area contributed by atoms with E-state index in [-0.39, 0.29) is 0 Å². The lowest BCUT2D eigenvalue weighted by atomic mass is 10.2. The van der Waals surface area contributed by atoms with Gasteiger partial charge in [0.15, 0.2) is 0 Å². The van der Waals surface area contributed by atoms with Crippen LogP contribution < -0.4 is 10.1 Å². The fraction of sp³-hybridized carbons (Fsp3) is 0.500. The van der Waals surface area contributed by atoms with Crippen molar-refractivity contribution in [2.75, 3.05) is 13.2 Å². The van der Waals surface area contributed by atoms with E-state index in [1.54, 1.807) is 0 Å². The van der Waals surface area contributed by atoms with Gasteiger partial charge in [-0.3, -0.25) is 0 Å². The summed E-state index contributed by atoms with van der Waals surface area (Å²) in [6.07, 6.45) is 6.77. The number of rotatable bonds is 8. The van der Waals surface area contributed by atoms with Crippen LogP contribution in [0.25, 0.3) is 0 Å². The Morgan fingerprint density at radius 3 is 2.84 bits per heavy atom. The summed E-state index contributed by atoms with van der Waals surface area (Å²) in [5.41, 5.74) is 1.17. The molecule has 1 rings (SSSR count). The summed E-state index contributed by atoms with van der Waals surface area (Å²) in [5, 5.41) is 4.04. The zero-order chi connectivity index (χ0) is 14.1. The Morgan fingerprint density at radius 1 is 1.42 bits per heavy atom. The van der Waals surface area contributed by atoms with Crippen molar-refractivity contribution in [3.63, 3.8) is 0 Å². The number of hydrogen-bond donors (Lipinski definition) is 1. The van der Waals surface area contributed by atoms with Crippen LogP contribution in [0.5, 0.6) is 5.75 Å². The van der Waals surface area contributed by atoms with Crippen molar-refractivity contribution in [1.29, 1.82) is 0 Å². The van der Waals surface area contributed by atoms with Crippen molar-refractivity contribution in [2.24, 2.45) is 5.92 Å². The van der Waals surface area contributed by atoms with Crippen molar-refractivity contribution in [3.8, 4) is 18.1 Å². The van der Waals surface area contributed by atoms with E-state index in [1.165, 1.54) is 5.56 Å². The van der Waals surface area contributed by atoms with Gasteiger partial charge in [0.2, 0.25) is 0 Å². The normalized spacial score (nSPS) is 10.5. The minimum Gasteiger partial charge on any atom is -0.492 e. The fourth-order valence-corrected chi connectivity index (χ4v) is 1.89. The number of hydrogen-bond acceptors (Lipinski definition) is 2. The molecule has 0 aliphatic heterocycles. The Hall–Kier alpha value is -1.17. The highest BCUT2D eigenvalue weighted by atomic mass is 35.5. The lowest BCUT2D eigenvalue weighted by molar-refractivity contribution is 0.313. The van der Waals surface area contributed by atoms with Crippen LogP contribution in [0, 0.1) is 18.3 Å². The molecule has 0 bridgehead atoms. The molecule has 1 N–H and O–H groups in total. The van der Waals surface area contributed by atoms with Gasteiger partial charge in [0, 0.05) is 13.0 Å². The summed E-state index contributed by atoms with van der Waals surface area (Å²) < 4.78 is 5.59. The first-order valence-corrected chi connectivity index (χ1v) is 7.06. The third-order valence-electron chi connectivity index (χ3n) is 2.60. The molecule has 2 nitrogen and oxygen atoms in total. The third-order valence-corrected chi connectivity index (χ3v) is 2.90. The van der Waals surface area contributed by atoms with Crippen LogP contribution in [-0.2, 0) is 6.54 Å². The molecule has 1 aromatic carbocycles. The second kappa shape index (κ2) is 8.85. The average Bonchev–Trinajstić information content (AvgIpc) is 2.36. The van der Waals surface area contributed by atoms with Gasteiger partial charge in [-0.05, 0) is 36.6 Å². The number of ether oxygens (including phenoxy) is 1. The van der Waals surface area contributed by atoms with Crippen molar-refractivity contribution in [3.05, 3.63) is 28.8 Å². The molecular weight excluding hydrogens is 258 g/mol. The van der Waals surface area contributed by atoms with Crippen LogP contribution in [0.1, 0.15) is 32.3 Å². The molecule has 0 radical (unpaired) electrons. The van der Waals surface area contributed by atoms with E-state index >= 15 is 0 Å². The Labute approximate surface area is 121 Å². The second-order valence-corrected chi connectivity index (χ2v) is 5.35. The van der Waals surface area contributed by atoms with Gasteiger partial charge >= 0.3 is 0 Å². The monoisotopic (exact) mass is 279 g/mol. The van der Waals surface area contributed by atoms with Gasteiger partial charge < -0.3 is 10.1 Å². The van der Waals surface area contributed by atoms with Crippen LogP contribution in [0.15, 0.2) is 18.2 Å². The Bertz CT molecular complexity index is 423. The first-order chi connectivity index (χ1) is 9.13. The van der Waals surface area contributed by atoms with E-state index in [2.05, 4.69) is 25.1 Å². The number of terminal acetylenes is 1. The molecule has 0 fully saturated rings. The topological polar surface area (TPSA) is 21.3 Å². The molecule has 0 spiro atoms. The molecule has 0 amide bonds. The maximum atomic E-state index is 6.19. The molecule has 0 saturated carbocycles. The van der Waals surface area contributed by atoms with E-state index in [0.717, 1.165) is 31.7 Å². The van der Waals surface area contributed by atoms with Gasteiger partial charge in [-0.15, -0.1) is 12.3 Å². The van der Waals surface area contributed by atoms with Crippen LogP contribution in [0.4, 0.5) is 0 Å². The number of benzene rings is 1. The van der Waals surface area contributed by atoms with Crippen molar-refractivity contribution < 1.29 is 4.74 Å². The van der Waals surface area contributed by atoms with Crippen LogP contribution >= 0.6 is 11.6 Å². The highest BCUT2D eigenvalue weighted by Gasteiger charge is 2.03. The standard InChI is InChI=1S/C16H22ClNO/c1-4-5-6-9-19-16-8-7-14(10-15(16)17)12-18-11-13(2)3/h1,7-8,10,13,18H,5-6,9,11-12H2,2-3H3. The lowest BCUT2D eigenvalue weighted by Crippen LogP contribution is -2.18. The van der Waals surface area contributed by atoms with Crippen LogP contribution in [0.2, 0.25) is 5.02 Å². The van der Waals surface area contributed by atoms with Gasteiger partial charge in [0.1, 0.15) is 5.75 Å². The second-order valence-electron chi connectivity index (χ2n) is 4.95. The van der Waals surface area contributed by atoms with Gasteiger partial charge in [-0.2, -0.15) is 0 Å². The molecule has 0 heterocycles. The molecule has 0 aliphatic carbocycles. The molecule has 0 saturated heterocycles. The predicted octanol–water partition coefficient (Wildman–Crippen LogP) is 3.88. The molecule has 3 heteroatoms. The number of halogens is 1. The maximum Gasteiger partial charge on any atom is 0.137 e. The van der Waals surface area contributed by atoms with E-state index in [0.29, 0.717) is 17.5 Å². The predicted molar refractivity (Wildman–Crippen MR) is 81.6 cm³/mol. The lowest BCUT2D eigenvalue weighted by Gasteiger charge is -2.10. The van der Waals surface area contributed by atoms with Crippen LogP contribution in [-0.4, -0.2) is 13.2 Å². The van der Waals surface area contributed by atoms with Crippen LogP contribution in [0.3, 0.4) is 0 Å². The highest BCUT2D eigenvalue weighted by Crippen LogP contribution is 2.25. The van der Waals surface area contributed by atoms with E-state index in [1.807, 2.05) is 18.2 Å². The Kier molecular flexibility index (Phi) is 7.40. The quantitative estimate of drug-likeness (QED) is 0.576. The van der Waals surface area contributed by atoms with Crippen molar-refractivity contribution in [1.82, 2.24) is 5.32 Å². The molecular formula is C16H22ClNO. The molecule has 0 unspecified atom stereocenters. The summed E-state index contributed by atoms with van der Waals surface area (Å²) in [6.45, 7) is 6.81. The zero-order valence-electron chi connectivity index (χ0n) is 11.7. The first kappa shape index (κ1) is 15.9. The molecule has 0 aromatic heterocycles. The van der Waals surface area contributed by atoms with Crippen molar-refractivity contribution in [2.45, 2.75) is 33.2 Å². The number of nitrogens with one attached hydrogen (secondary N) is 1. The van der Waals surface area contributed by atoms with Gasteiger partial charge in [0.05, 0.1) is 11.6 Å². The molecule has 1 aromatic rings. The molecule has 104 valence electrons. The minimum absolute atomic E-state index is 0.606. The SMILES string of the molecule is C#CCCCOc1ccc(CNCC(C)C)cc1Cl. The fourth-order valence-electron chi connectivity index (χ4n) is 1.63. The van der Waals surface area contributed by atoms with Crippen molar-refractivity contribution >= 4 is 11.6 Å². The minimum atomic E-state index is 0.606. The van der Waals surface area contributed by atoms with E-state index in [9.17, 15) is 0 Å². The zero-order valence-corrected chi connectivity index (χ0v) is 12.5. The smallest absolute Gasteiger partial charge is 0.137 e. The Balaban J connectivity index is 2.43. The largest absolute Gasteiger partial charge is 0.492 e. The number of unbranched alkanes of at least 4 members (excludes halogenated alkanes) is 1. The van der Waals surface area contributed by atoms with Gasteiger partial charge in [-0.1, -0.05) is 31.5 Å². The summed E-state index contributed by atoms with van der Waals surface area (Å²) in [7, 11) is 0. The molecule has 0 atom stereocenters. The first-order valence-electron chi connectivity index (χ1n) is 6.69. The third kappa shape index (κ3) is 6.52. The van der Waals surface area contributed by atoms with E-state index in [4.69, 9.17) is 22.8 Å². The van der Waals surface area contributed by atoms with Gasteiger partial charge in [-0.25, -0.2) is 0 Å².